The summed E-state index contributed by atoms with van der Waals surface area (Å²) in [5.74, 6) is 0.823. The lowest BCUT2D eigenvalue weighted by atomic mass is 10.0. The Morgan fingerprint density at radius 1 is 1.26 bits per heavy atom. The number of likely N-dealkylation sites (tertiary alicyclic amines) is 1. The summed E-state index contributed by atoms with van der Waals surface area (Å²) in [5.41, 5.74) is 0.837. The third-order valence-corrected chi connectivity index (χ3v) is 5.47. The van der Waals surface area contributed by atoms with Gasteiger partial charge in [0.05, 0.1) is 12.6 Å². The van der Waals surface area contributed by atoms with Crippen LogP contribution in [0.5, 0.6) is 5.75 Å². The maximum atomic E-state index is 12.6. The number of amides is 3. The molecule has 0 aliphatic carbocycles. The van der Waals surface area contributed by atoms with Crippen molar-refractivity contribution in [3.63, 3.8) is 0 Å². The average molecular weight is 374 g/mol. The van der Waals surface area contributed by atoms with Gasteiger partial charge in [0, 0.05) is 31.7 Å². The zero-order chi connectivity index (χ0) is 19.4. The summed E-state index contributed by atoms with van der Waals surface area (Å²) in [7, 11) is 3.96. The highest BCUT2D eigenvalue weighted by molar-refractivity contribution is 5.96. The Labute approximate surface area is 161 Å². The molecule has 27 heavy (non-hydrogen) atoms. The number of ether oxygens (including phenoxy) is 1. The number of urea groups is 1. The fourth-order valence-electron chi connectivity index (χ4n) is 3.77. The third-order valence-electron chi connectivity index (χ3n) is 5.47. The van der Waals surface area contributed by atoms with Gasteiger partial charge in [-0.2, -0.15) is 0 Å². The molecule has 7 heteroatoms. The van der Waals surface area contributed by atoms with Crippen LogP contribution in [0.15, 0.2) is 24.3 Å². The van der Waals surface area contributed by atoms with Crippen molar-refractivity contribution in [1.29, 1.82) is 0 Å². The van der Waals surface area contributed by atoms with Gasteiger partial charge in [-0.3, -0.25) is 4.79 Å². The van der Waals surface area contributed by atoms with Gasteiger partial charge in [-0.1, -0.05) is 0 Å². The summed E-state index contributed by atoms with van der Waals surface area (Å²) in [4.78, 5) is 30.8. The van der Waals surface area contributed by atoms with Gasteiger partial charge in [0.2, 0.25) is 5.91 Å². The molecular weight excluding hydrogens is 344 g/mol. The van der Waals surface area contributed by atoms with E-state index >= 15 is 0 Å². The maximum absolute atomic E-state index is 12.6. The zero-order valence-electron chi connectivity index (χ0n) is 16.5. The van der Waals surface area contributed by atoms with E-state index in [2.05, 4.69) is 17.3 Å². The number of benzene rings is 1. The molecule has 1 unspecified atom stereocenters. The number of nitrogens with one attached hydrogen (secondary N) is 1. The van der Waals surface area contributed by atoms with Crippen molar-refractivity contribution in [2.45, 2.75) is 38.3 Å². The molecule has 1 aromatic rings. The summed E-state index contributed by atoms with van der Waals surface area (Å²) in [6.07, 6.45) is 2.31. The topological polar surface area (TPSA) is 65.1 Å². The van der Waals surface area contributed by atoms with Crippen LogP contribution >= 0.6 is 0 Å². The molecular formula is C20H30N4O3. The third kappa shape index (κ3) is 4.71. The van der Waals surface area contributed by atoms with E-state index in [9.17, 15) is 9.59 Å². The molecule has 0 radical (unpaired) electrons. The van der Waals surface area contributed by atoms with E-state index in [1.807, 2.05) is 38.2 Å². The van der Waals surface area contributed by atoms with Crippen molar-refractivity contribution in [2.75, 3.05) is 45.2 Å². The largest absolute Gasteiger partial charge is 0.494 e. The number of nitrogens with zero attached hydrogens (tertiary/aromatic N) is 3. The predicted molar refractivity (Wildman–Crippen MR) is 105 cm³/mol. The first-order valence-electron chi connectivity index (χ1n) is 9.73. The summed E-state index contributed by atoms with van der Waals surface area (Å²) in [5, 5.41) is 3.04. The Kier molecular flexibility index (Phi) is 6.21. The van der Waals surface area contributed by atoms with Gasteiger partial charge in [-0.05, 0) is 64.2 Å². The van der Waals surface area contributed by atoms with E-state index in [-0.39, 0.29) is 24.0 Å². The van der Waals surface area contributed by atoms with Gasteiger partial charge < -0.3 is 24.8 Å². The molecule has 2 aliphatic heterocycles. The summed E-state index contributed by atoms with van der Waals surface area (Å²) in [6, 6.07) is 7.52. The van der Waals surface area contributed by atoms with E-state index in [0.29, 0.717) is 19.6 Å². The van der Waals surface area contributed by atoms with Crippen LogP contribution in [-0.2, 0) is 4.79 Å². The number of rotatable bonds is 5. The van der Waals surface area contributed by atoms with Crippen molar-refractivity contribution in [3.8, 4) is 5.75 Å². The van der Waals surface area contributed by atoms with E-state index in [0.717, 1.165) is 37.4 Å². The Balaban J connectivity index is 1.54. The second kappa shape index (κ2) is 8.61. The molecule has 3 amide bonds. The Morgan fingerprint density at radius 2 is 1.93 bits per heavy atom. The number of anilines is 1. The van der Waals surface area contributed by atoms with Crippen LogP contribution in [0.3, 0.4) is 0 Å². The van der Waals surface area contributed by atoms with Crippen molar-refractivity contribution >= 4 is 17.6 Å². The Morgan fingerprint density at radius 3 is 2.56 bits per heavy atom. The van der Waals surface area contributed by atoms with Crippen molar-refractivity contribution < 1.29 is 14.3 Å². The Bertz CT molecular complexity index is 656. The Hall–Kier alpha value is -2.28. The molecule has 148 valence electrons. The minimum atomic E-state index is -0.162. The van der Waals surface area contributed by atoms with E-state index < -0.39 is 0 Å². The molecule has 0 aromatic heterocycles. The maximum Gasteiger partial charge on any atom is 0.317 e. The first kappa shape index (κ1) is 19.5. The first-order valence-corrected chi connectivity index (χ1v) is 9.73. The molecule has 3 rings (SSSR count). The van der Waals surface area contributed by atoms with Gasteiger partial charge in [0.25, 0.3) is 0 Å². The normalized spacial score (nSPS) is 21.4. The van der Waals surface area contributed by atoms with Gasteiger partial charge in [-0.15, -0.1) is 0 Å². The highest BCUT2D eigenvalue weighted by atomic mass is 16.5. The average Bonchev–Trinajstić information content (AvgIpc) is 3.02. The van der Waals surface area contributed by atoms with E-state index in [4.69, 9.17) is 4.74 Å². The number of carbonyl (C=O) groups excluding carboxylic acids is 2. The monoisotopic (exact) mass is 374 g/mol. The van der Waals surface area contributed by atoms with Crippen LogP contribution in [-0.4, -0.2) is 74.2 Å². The fourth-order valence-corrected chi connectivity index (χ4v) is 3.77. The predicted octanol–water partition coefficient (Wildman–Crippen LogP) is 1.93. The fraction of sp³-hybridized carbons (Fsp3) is 0.600. The summed E-state index contributed by atoms with van der Waals surface area (Å²) in [6.45, 7) is 5.07. The highest BCUT2D eigenvalue weighted by Crippen LogP contribution is 2.24. The number of carbonyl (C=O) groups is 2. The second-order valence-electron chi connectivity index (χ2n) is 7.43. The van der Waals surface area contributed by atoms with Crippen molar-refractivity contribution in [3.05, 3.63) is 24.3 Å². The van der Waals surface area contributed by atoms with Crippen LogP contribution in [0, 0.1) is 0 Å². The molecule has 7 nitrogen and oxygen atoms in total. The lowest BCUT2D eigenvalue weighted by molar-refractivity contribution is -0.117. The van der Waals surface area contributed by atoms with Crippen molar-refractivity contribution in [2.24, 2.45) is 0 Å². The lowest BCUT2D eigenvalue weighted by Gasteiger charge is -2.35. The van der Waals surface area contributed by atoms with Crippen molar-refractivity contribution in [1.82, 2.24) is 15.1 Å². The molecule has 2 fully saturated rings. The van der Waals surface area contributed by atoms with Gasteiger partial charge in [0.15, 0.2) is 0 Å². The summed E-state index contributed by atoms with van der Waals surface area (Å²) < 4.78 is 5.45. The molecule has 1 atom stereocenters. The first-order chi connectivity index (χ1) is 13.0. The van der Waals surface area contributed by atoms with E-state index in [1.165, 1.54) is 0 Å². The molecule has 2 saturated heterocycles. The second-order valence-corrected chi connectivity index (χ2v) is 7.43. The number of piperidine rings is 1. The smallest absolute Gasteiger partial charge is 0.317 e. The minimum absolute atomic E-state index is 0.0337. The van der Waals surface area contributed by atoms with Crippen LogP contribution in [0.1, 0.15) is 26.2 Å². The molecule has 0 spiro atoms. The van der Waals surface area contributed by atoms with Gasteiger partial charge in [-0.25, -0.2) is 4.79 Å². The number of hydrogen-bond acceptors (Lipinski definition) is 4. The van der Waals surface area contributed by atoms with E-state index in [1.54, 1.807) is 9.80 Å². The van der Waals surface area contributed by atoms with Crippen LogP contribution in [0.2, 0.25) is 0 Å². The van der Waals surface area contributed by atoms with Gasteiger partial charge >= 0.3 is 6.03 Å². The molecule has 1 aromatic carbocycles. The SMILES string of the molecule is CCOc1ccc(N2CC(NC(=O)N(C)C3CCN(C)CC3)CC2=O)cc1. The van der Waals surface area contributed by atoms with Crippen LogP contribution in [0.25, 0.3) is 0 Å². The van der Waals surface area contributed by atoms with Crippen LogP contribution < -0.4 is 15.0 Å². The molecule has 2 heterocycles. The quantitative estimate of drug-likeness (QED) is 0.855. The molecule has 2 aliphatic rings. The molecule has 0 bridgehead atoms. The molecule has 0 saturated carbocycles. The van der Waals surface area contributed by atoms with Gasteiger partial charge in [0.1, 0.15) is 5.75 Å². The highest BCUT2D eigenvalue weighted by Gasteiger charge is 2.33. The minimum Gasteiger partial charge on any atom is -0.494 e. The zero-order valence-corrected chi connectivity index (χ0v) is 16.5. The standard InChI is InChI=1S/C20H30N4O3/c1-4-27-18-7-5-17(6-8-18)24-14-15(13-19(24)25)21-20(26)23(3)16-9-11-22(2)12-10-16/h5-8,15-16H,4,9-14H2,1-3H3,(H,21,26). The lowest BCUT2D eigenvalue weighted by Crippen LogP contribution is -2.50. The molecule has 1 N–H and O–H groups in total. The number of hydrogen-bond donors (Lipinski definition) is 1. The van der Waals surface area contributed by atoms with Crippen LogP contribution in [0.4, 0.5) is 10.5 Å². The summed E-state index contributed by atoms with van der Waals surface area (Å²) >= 11 is 0.